The summed E-state index contributed by atoms with van der Waals surface area (Å²) in [5.41, 5.74) is 0.400. The van der Waals surface area contributed by atoms with E-state index in [0.717, 1.165) is 17.1 Å². The highest BCUT2D eigenvalue weighted by Gasteiger charge is 2.21. The fraction of sp³-hybridized carbons (Fsp3) is 0.412. The predicted molar refractivity (Wildman–Crippen MR) is 95.0 cm³/mol. The molecule has 8 heteroatoms. The molecule has 0 bridgehead atoms. The van der Waals surface area contributed by atoms with Gasteiger partial charge in [0.15, 0.2) is 0 Å². The Morgan fingerprint density at radius 3 is 2.40 bits per heavy atom. The van der Waals surface area contributed by atoms with E-state index >= 15 is 0 Å². The number of hydrogen-bond acceptors (Lipinski definition) is 4. The van der Waals surface area contributed by atoms with Gasteiger partial charge in [-0.3, -0.25) is 4.79 Å². The minimum Gasteiger partial charge on any atom is -0.307 e. The molecule has 0 aliphatic heterocycles. The maximum absolute atomic E-state index is 12.5. The van der Waals surface area contributed by atoms with Crippen LogP contribution in [0.5, 0.6) is 0 Å². The Hall–Kier alpha value is -2.19. The minimum atomic E-state index is -3.50. The monoisotopic (exact) mass is 362 g/mol. The van der Waals surface area contributed by atoms with Gasteiger partial charge in [-0.25, -0.2) is 17.4 Å². The first kappa shape index (κ1) is 17.6. The zero-order chi connectivity index (χ0) is 18.0. The molecule has 0 spiro atoms. The Bertz CT molecular complexity index is 850. The molecule has 1 aromatic carbocycles. The first-order valence-electron chi connectivity index (χ1n) is 8.27. The molecule has 0 radical (unpaired) electrons. The van der Waals surface area contributed by atoms with Gasteiger partial charge in [-0.2, -0.15) is 5.10 Å². The molecule has 25 heavy (non-hydrogen) atoms. The van der Waals surface area contributed by atoms with Crippen molar-refractivity contribution in [3.8, 4) is 0 Å². The predicted octanol–water partition coefficient (Wildman–Crippen LogP) is 2.50. The zero-order valence-corrected chi connectivity index (χ0v) is 15.2. The number of hydrogen-bond donors (Lipinski definition) is 1. The van der Waals surface area contributed by atoms with Crippen LogP contribution in [0.1, 0.15) is 42.1 Å². The molecular formula is C17H22N4O3S. The molecule has 2 aromatic rings. The van der Waals surface area contributed by atoms with E-state index in [-0.39, 0.29) is 10.8 Å². The lowest BCUT2D eigenvalue weighted by Gasteiger charge is -2.15. The molecule has 1 aliphatic carbocycles. The van der Waals surface area contributed by atoms with E-state index in [2.05, 4.69) is 10.4 Å². The van der Waals surface area contributed by atoms with Gasteiger partial charge < -0.3 is 5.32 Å². The molecule has 7 nitrogen and oxygen atoms in total. The number of nitrogens with one attached hydrogen (secondary N) is 1. The highest BCUT2D eigenvalue weighted by molar-refractivity contribution is 7.89. The lowest BCUT2D eigenvalue weighted by atomic mass is 10.2. The number of aromatic nitrogens is 2. The van der Waals surface area contributed by atoms with Crippen LogP contribution in [0, 0.1) is 0 Å². The summed E-state index contributed by atoms with van der Waals surface area (Å²) in [4.78, 5) is 12.6. The van der Waals surface area contributed by atoms with Crippen LogP contribution in [0.4, 0.5) is 5.82 Å². The number of amides is 1. The van der Waals surface area contributed by atoms with Crippen LogP contribution in [0.3, 0.4) is 0 Å². The summed E-state index contributed by atoms with van der Waals surface area (Å²) in [6.07, 6.45) is 6.18. The van der Waals surface area contributed by atoms with Crippen molar-refractivity contribution in [3.63, 3.8) is 0 Å². The van der Waals surface area contributed by atoms with Gasteiger partial charge >= 0.3 is 0 Å². The second kappa shape index (κ2) is 6.97. The van der Waals surface area contributed by atoms with Crippen molar-refractivity contribution in [2.45, 2.75) is 36.6 Å². The average molecular weight is 362 g/mol. The van der Waals surface area contributed by atoms with E-state index in [1.807, 2.05) is 4.68 Å². The number of rotatable bonds is 5. The van der Waals surface area contributed by atoms with Crippen molar-refractivity contribution in [2.75, 3.05) is 19.4 Å². The molecule has 1 fully saturated rings. The molecule has 1 aliphatic rings. The summed E-state index contributed by atoms with van der Waals surface area (Å²) < 4.78 is 27.2. The van der Waals surface area contributed by atoms with E-state index in [0.29, 0.717) is 17.4 Å². The molecule has 1 heterocycles. The molecule has 0 saturated heterocycles. The third-order valence-corrected chi connectivity index (χ3v) is 6.31. The molecule has 0 unspecified atom stereocenters. The summed E-state index contributed by atoms with van der Waals surface area (Å²) in [5, 5.41) is 7.19. The van der Waals surface area contributed by atoms with E-state index in [1.165, 1.54) is 51.2 Å². The van der Waals surface area contributed by atoms with Gasteiger partial charge in [-0.05, 0) is 37.1 Å². The maximum Gasteiger partial charge on any atom is 0.256 e. The molecule has 134 valence electrons. The van der Waals surface area contributed by atoms with Crippen LogP contribution in [-0.2, 0) is 10.0 Å². The SMILES string of the molecule is CN(C)S(=O)(=O)c1ccc(C(=O)Nc2ccnn2C2CCCC2)cc1. The van der Waals surface area contributed by atoms with E-state index < -0.39 is 10.0 Å². The molecule has 3 rings (SSSR count). The van der Waals surface area contributed by atoms with Crippen molar-refractivity contribution in [2.24, 2.45) is 0 Å². The maximum atomic E-state index is 12.5. The van der Waals surface area contributed by atoms with Crippen molar-refractivity contribution < 1.29 is 13.2 Å². The van der Waals surface area contributed by atoms with E-state index in [1.54, 1.807) is 12.3 Å². The summed E-state index contributed by atoms with van der Waals surface area (Å²) in [7, 11) is -0.555. The van der Waals surface area contributed by atoms with Gasteiger partial charge in [-0.15, -0.1) is 0 Å². The second-order valence-electron chi connectivity index (χ2n) is 6.37. The van der Waals surface area contributed by atoms with Crippen molar-refractivity contribution in [1.29, 1.82) is 0 Å². The van der Waals surface area contributed by atoms with Crippen LogP contribution < -0.4 is 5.32 Å². The zero-order valence-electron chi connectivity index (χ0n) is 14.3. The summed E-state index contributed by atoms with van der Waals surface area (Å²) in [6, 6.07) is 8.03. The van der Waals surface area contributed by atoms with Gasteiger partial charge in [0, 0.05) is 25.7 Å². The summed E-state index contributed by atoms with van der Waals surface area (Å²) in [6.45, 7) is 0. The van der Waals surface area contributed by atoms with Crippen LogP contribution in [-0.4, -0.2) is 42.5 Å². The fourth-order valence-electron chi connectivity index (χ4n) is 3.03. The Morgan fingerprint density at radius 2 is 1.80 bits per heavy atom. The number of sulfonamides is 1. The van der Waals surface area contributed by atoms with E-state index in [9.17, 15) is 13.2 Å². The number of carbonyl (C=O) groups excluding carboxylic acids is 1. The normalized spacial score (nSPS) is 15.6. The molecule has 1 saturated carbocycles. The summed E-state index contributed by atoms with van der Waals surface area (Å²) in [5.74, 6) is 0.385. The third-order valence-electron chi connectivity index (χ3n) is 4.48. The fourth-order valence-corrected chi connectivity index (χ4v) is 3.93. The van der Waals surface area contributed by atoms with Gasteiger partial charge in [0.2, 0.25) is 10.0 Å². The Kier molecular flexibility index (Phi) is 4.91. The molecule has 1 aromatic heterocycles. The second-order valence-corrected chi connectivity index (χ2v) is 8.52. The quantitative estimate of drug-likeness (QED) is 0.886. The number of benzene rings is 1. The van der Waals surface area contributed by atoms with Gasteiger partial charge in [0.25, 0.3) is 5.91 Å². The topological polar surface area (TPSA) is 84.3 Å². The van der Waals surface area contributed by atoms with Gasteiger partial charge in [0.1, 0.15) is 5.82 Å². The summed E-state index contributed by atoms with van der Waals surface area (Å²) >= 11 is 0. The third kappa shape index (κ3) is 3.59. The Balaban J connectivity index is 1.75. The average Bonchev–Trinajstić information content (AvgIpc) is 3.25. The number of carbonyl (C=O) groups is 1. The standard InChI is InChI=1S/C17H22N4O3S/c1-20(2)25(23,24)15-9-7-13(8-10-15)17(22)19-16-11-12-18-21(16)14-5-3-4-6-14/h7-12,14H,3-6H2,1-2H3,(H,19,22). The first-order valence-corrected chi connectivity index (χ1v) is 9.71. The van der Waals surface area contributed by atoms with Crippen LogP contribution in [0.2, 0.25) is 0 Å². The van der Waals surface area contributed by atoms with Crippen LogP contribution >= 0.6 is 0 Å². The van der Waals surface area contributed by atoms with Crippen molar-refractivity contribution in [1.82, 2.24) is 14.1 Å². The molecule has 1 amide bonds. The van der Waals surface area contributed by atoms with Crippen LogP contribution in [0.15, 0.2) is 41.4 Å². The van der Waals surface area contributed by atoms with Crippen LogP contribution in [0.25, 0.3) is 0 Å². The smallest absolute Gasteiger partial charge is 0.256 e. The first-order chi connectivity index (χ1) is 11.9. The highest BCUT2D eigenvalue weighted by atomic mass is 32.2. The molecule has 1 N–H and O–H groups in total. The number of nitrogens with zero attached hydrogens (tertiary/aromatic N) is 3. The Morgan fingerprint density at radius 1 is 1.16 bits per heavy atom. The largest absolute Gasteiger partial charge is 0.307 e. The Labute approximate surface area is 147 Å². The van der Waals surface area contributed by atoms with Gasteiger partial charge in [-0.1, -0.05) is 12.8 Å². The molecule has 0 atom stereocenters. The van der Waals surface area contributed by atoms with Crippen molar-refractivity contribution >= 4 is 21.7 Å². The van der Waals surface area contributed by atoms with Gasteiger partial charge in [0.05, 0.1) is 17.1 Å². The number of anilines is 1. The lowest BCUT2D eigenvalue weighted by molar-refractivity contribution is 0.102. The molecular weight excluding hydrogens is 340 g/mol. The minimum absolute atomic E-state index is 0.157. The highest BCUT2D eigenvalue weighted by Crippen LogP contribution is 2.31. The van der Waals surface area contributed by atoms with Crippen molar-refractivity contribution in [3.05, 3.63) is 42.1 Å². The lowest BCUT2D eigenvalue weighted by Crippen LogP contribution is -2.22. The van der Waals surface area contributed by atoms with E-state index in [4.69, 9.17) is 0 Å².